The van der Waals surface area contributed by atoms with Crippen LogP contribution in [0.4, 0.5) is 5.69 Å². The van der Waals surface area contributed by atoms with E-state index in [0.29, 0.717) is 0 Å². The molecular weight excluding hydrogens is 210 g/mol. The Morgan fingerprint density at radius 1 is 1.69 bits per heavy atom. The van der Waals surface area contributed by atoms with E-state index < -0.39 is 0 Å². The highest BCUT2D eigenvalue weighted by atomic mass is 35.5. The smallest absolute Gasteiger partial charge is 0.327 e. The summed E-state index contributed by atoms with van der Waals surface area (Å²) in [6.45, 7) is 1.77. The van der Waals surface area contributed by atoms with Crippen molar-refractivity contribution in [2.24, 2.45) is 0 Å². The van der Waals surface area contributed by atoms with E-state index in [1.807, 2.05) is 16.8 Å². The molecule has 1 N–H and O–H groups in total. The third-order valence-electron chi connectivity index (χ3n) is 1.46. The lowest BCUT2D eigenvalue weighted by molar-refractivity contribution is -0.141. The van der Waals surface area contributed by atoms with Crippen LogP contribution in [0.2, 0.25) is 0 Å². The van der Waals surface area contributed by atoms with Crippen molar-refractivity contribution in [3.05, 3.63) is 16.8 Å². The number of rotatable bonds is 3. The van der Waals surface area contributed by atoms with Crippen molar-refractivity contribution in [2.45, 2.75) is 13.0 Å². The summed E-state index contributed by atoms with van der Waals surface area (Å²) in [6, 6.07) is 1.63. The molecule has 1 atom stereocenters. The topological polar surface area (TPSA) is 38.3 Å². The van der Waals surface area contributed by atoms with Gasteiger partial charge >= 0.3 is 5.97 Å². The molecule has 0 aliphatic rings. The Kier molecular flexibility index (Phi) is 5.50. The number of thiophene rings is 1. The first kappa shape index (κ1) is 12.3. The predicted octanol–water partition coefficient (Wildman–Crippen LogP) is 2.14. The van der Waals surface area contributed by atoms with Crippen molar-refractivity contribution >= 4 is 35.4 Å². The molecule has 1 aromatic heterocycles. The molecule has 0 bridgehead atoms. The van der Waals surface area contributed by atoms with Crippen molar-refractivity contribution < 1.29 is 9.53 Å². The molecule has 1 heterocycles. The van der Waals surface area contributed by atoms with Gasteiger partial charge in [-0.05, 0) is 18.4 Å². The minimum absolute atomic E-state index is 0. The van der Waals surface area contributed by atoms with Gasteiger partial charge in [-0.25, -0.2) is 4.79 Å². The minimum atomic E-state index is -0.287. The van der Waals surface area contributed by atoms with E-state index in [1.54, 1.807) is 18.3 Å². The van der Waals surface area contributed by atoms with Gasteiger partial charge in [0.05, 0.1) is 7.11 Å². The lowest BCUT2D eigenvalue weighted by Crippen LogP contribution is -2.26. The average Bonchev–Trinajstić information content (AvgIpc) is 2.55. The number of methoxy groups -OCH3 is 1. The van der Waals surface area contributed by atoms with Gasteiger partial charge in [-0.15, -0.1) is 12.4 Å². The first-order chi connectivity index (χ1) is 5.74. The summed E-state index contributed by atoms with van der Waals surface area (Å²) in [4.78, 5) is 11.0. The molecule has 5 heteroatoms. The SMILES string of the molecule is COC(=O)C(C)Nc1ccsc1.Cl. The van der Waals surface area contributed by atoms with Crippen LogP contribution in [0.25, 0.3) is 0 Å². The van der Waals surface area contributed by atoms with Gasteiger partial charge < -0.3 is 10.1 Å². The largest absolute Gasteiger partial charge is 0.467 e. The van der Waals surface area contributed by atoms with Gasteiger partial charge in [-0.1, -0.05) is 0 Å². The Hall–Kier alpha value is -0.740. The van der Waals surface area contributed by atoms with E-state index in [4.69, 9.17) is 0 Å². The number of carbonyl (C=O) groups excluding carboxylic acids is 1. The zero-order valence-electron chi connectivity index (χ0n) is 7.44. The van der Waals surface area contributed by atoms with Crippen LogP contribution in [-0.2, 0) is 9.53 Å². The summed E-state index contributed by atoms with van der Waals surface area (Å²) >= 11 is 1.59. The van der Waals surface area contributed by atoms with Gasteiger partial charge in [0.15, 0.2) is 0 Å². The van der Waals surface area contributed by atoms with Gasteiger partial charge in [0.25, 0.3) is 0 Å². The fourth-order valence-electron chi connectivity index (χ4n) is 0.832. The molecule has 0 amide bonds. The molecule has 0 saturated carbocycles. The standard InChI is InChI=1S/C8H11NO2S.ClH/c1-6(8(10)11-2)9-7-3-4-12-5-7;/h3-6,9H,1-2H3;1H. The number of halogens is 1. The molecule has 1 rings (SSSR count). The van der Waals surface area contributed by atoms with Crippen molar-refractivity contribution in [1.82, 2.24) is 0 Å². The number of ether oxygens (including phenoxy) is 1. The molecule has 1 aromatic rings. The number of esters is 1. The maximum atomic E-state index is 11.0. The predicted molar refractivity (Wildman–Crippen MR) is 56.7 cm³/mol. The van der Waals surface area contributed by atoms with Gasteiger partial charge in [-0.3, -0.25) is 0 Å². The molecule has 0 saturated heterocycles. The highest BCUT2D eigenvalue weighted by Crippen LogP contribution is 2.12. The van der Waals surface area contributed by atoms with E-state index in [-0.39, 0.29) is 24.4 Å². The Bertz CT molecular complexity index is 251. The van der Waals surface area contributed by atoms with Crippen LogP contribution in [-0.4, -0.2) is 19.1 Å². The van der Waals surface area contributed by atoms with Crippen molar-refractivity contribution in [1.29, 1.82) is 0 Å². The monoisotopic (exact) mass is 221 g/mol. The molecule has 0 aliphatic heterocycles. The summed E-state index contributed by atoms with van der Waals surface area (Å²) in [7, 11) is 1.38. The van der Waals surface area contributed by atoms with Crippen LogP contribution >= 0.6 is 23.7 Å². The van der Waals surface area contributed by atoms with E-state index in [0.717, 1.165) is 5.69 Å². The van der Waals surface area contributed by atoms with Gasteiger partial charge in [0, 0.05) is 11.1 Å². The number of carbonyl (C=O) groups is 1. The number of hydrogen-bond donors (Lipinski definition) is 1. The first-order valence-corrected chi connectivity index (χ1v) is 4.55. The van der Waals surface area contributed by atoms with Crippen molar-refractivity contribution in [2.75, 3.05) is 12.4 Å². The molecule has 0 spiro atoms. The van der Waals surface area contributed by atoms with Gasteiger partial charge in [-0.2, -0.15) is 11.3 Å². The molecule has 13 heavy (non-hydrogen) atoms. The second-order valence-corrected chi connectivity index (χ2v) is 3.18. The Labute approximate surface area is 87.5 Å². The van der Waals surface area contributed by atoms with Crippen molar-refractivity contribution in [3.8, 4) is 0 Å². The van der Waals surface area contributed by atoms with E-state index >= 15 is 0 Å². The maximum absolute atomic E-state index is 11.0. The lowest BCUT2D eigenvalue weighted by Gasteiger charge is -2.10. The molecule has 1 unspecified atom stereocenters. The Morgan fingerprint density at radius 3 is 2.85 bits per heavy atom. The quantitative estimate of drug-likeness (QED) is 0.795. The van der Waals surface area contributed by atoms with Crippen LogP contribution in [0.15, 0.2) is 16.8 Å². The van der Waals surface area contributed by atoms with Crippen molar-refractivity contribution in [3.63, 3.8) is 0 Å². The summed E-state index contributed by atoms with van der Waals surface area (Å²) in [5.41, 5.74) is 0.956. The minimum Gasteiger partial charge on any atom is -0.467 e. The van der Waals surface area contributed by atoms with Gasteiger partial charge in [0.1, 0.15) is 6.04 Å². The zero-order valence-corrected chi connectivity index (χ0v) is 9.08. The summed E-state index contributed by atoms with van der Waals surface area (Å²) in [6.07, 6.45) is 0. The van der Waals surface area contributed by atoms with Crippen LogP contribution < -0.4 is 5.32 Å². The molecule has 0 radical (unpaired) electrons. The first-order valence-electron chi connectivity index (χ1n) is 3.60. The maximum Gasteiger partial charge on any atom is 0.327 e. The lowest BCUT2D eigenvalue weighted by atomic mass is 10.3. The average molecular weight is 222 g/mol. The number of hydrogen-bond acceptors (Lipinski definition) is 4. The number of anilines is 1. The molecule has 0 aliphatic carbocycles. The summed E-state index contributed by atoms with van der Waals surface area (Å²) in [5.74, 6) is -0.249. The van der Waals surface area contributed by atoms with Crippen LogP contribution in [0.5, 0.6) is 0 Å². The normalized spacial score (nSPS) is 11.2. The fourth-order valence-corrected chi connectivity index (χ4v) is 1.43. The highest BCUT2D eigenvalue weighted by molar-refractivity contribution is 7.08. The van der Waals surface area contributed by atoms with E-state index in [1.165, 1.54) is 7.11 Å². The Morgan fingerprint density at radius 2 is 2.38 bits per heavy atom. The molecule has 3 nitrogen and oxygen atoms in total. The molecule has 0 fully saturated rings. The Balaban J connectivity index is 0.00000144. The third-order valence-corrected chi connectivity index (χ3v) is 2.14. The number of nitrogens with one attached hydrogen (secondary N) is 1. The molecule has 74 valence electrons. The second kappa shape index (κ2) is 5.83. The molecule has 0 aromatic carbocycles. The van der Waals surface area contributed by atoms with E-state index in [9.17, 15) is 4.79 Å². The highest BCUT2D eigenvalue weighted by Gasteiger charge is 2.11. The second-order valence-electron chi connectivity index (χ2n) is 2.40. The zero-order chi connectivity index (χ0) is 8.97. The van der Waals surface area contributed by atoms with E-state index in [2.05, 4.69) is 10.1 Å². The third kappa shape index (κ3) is 3.65. The van der Waals surface area contributed by atoms with Gasteiger partial charge in [0.2, 0.25) is 0 Å². The van der Waals surface area contributed by atoms with Crippen LogP contribution in [0.1, 0.15) is 6.92 Å². The fraction of sp³-hybridized carbons (Fsp3) is 0.375. The summed E-state index contributed by atoms with van der Waals surface area (Å²) < 4.78 is 4.56. The summed E-state index contributed by atoms with van der Waals surface area (Å²) in [5, 5.41) is 6.90. The van der Waals surface area contributed by atoms with Crippen LogP contribution in [0, 0.1) is 0 Å². The molecular formula is C8H12ClNO2S. The van der Waals surface area contributed by atoms with Crippen LogP contribution in [0.3, 0.4) is 0 Å².